The molecule has 0 aliphatic rings. The summed E-state index contributed by atoms with van der Waals surface area (Å²) in [5.41, 5.74) is 1.82. The second-order valence-electron chi connectivity index (χ2n) is 5.13. The summed E-state index contributed by atoms with van der Waals surface area (Å²) in [6.45, 7) is 1.80. The third-order valence-corrected chi connectivity index (χ3v) is 4.53. The van der Waals surface area contributed by atoms with Crippen LogP contribution in [0.3, 0.4) is 0 Å². The number of hydrogen-bond acceptors (Lipinski definition) is 6. The first kappa shape index (κ1) is 16.0. The van der Waals surface area contributed by atoms with Gasteiger partial charge in [0.15, 0.2) is 5.65 Å². The standard InChI is InChI=1S/C16H14N6OS/c1-10(15(23)21-12-5-3-4-11(6-12)7-17)24-16-13-8-20-22(2)14(13)18-9-19-16/h3-6,8-10H,1-2H3,(H,21,23). The zero-order valence-corrected chi connectivity index (χ0v) is 13.9. The van der Waals surface area contributed by atoms with Gasteiger partial charge in [-0.2, -0.15) is 10.4 Å². The van der Waals surface area contributed by atoms with Crippen molar-refractivity contribution < 1.29 is 4.79 Å². The lowest BCUT2D eigenvalue weighted by molar-refractivity contribution is -0.115. The number of amides is 1. The summed E-state index contributed by atoms with van der Waals surface area (Å²) in [4.78, 5) is 20.8. The topological polar surface area (TPSA) is 96.5 Å². The number of nitrogens with zero attached hydrogens (tertiary/aromatic N) is 5. The zero-order chi connectivity index (χ0) is 17.1. The maximum Gasteiger partial charge on any atom is 0.237 e. The van der Waals surface area contributed by atoms with Crippen LogP contribution in [0.15, 0.2) is 41.8 Å². The molecule has 0 spiro atoms. The molecule has 0 fully saturated rings. The Morgan fingerprint density at radius 1 is 1.42 bits per heavy atom. The minimum absolute atomic E-state index is 0.161. The number of hydrogen-bond donors (Lipinski definition) is 1. The molecule has 2 heterocycles. The van der Waals surface area contributed by atoms with E-state index in [1.54, 1.807) is 42.1 Å². The van der Waals surface area contributed by atoms with Crippen LogP contribution in [-0.4, -0.2) is 30.9 Å². The SMILES string of the molecule is CC(Sc1ncnc2c1cnn2C)C(=O)Nc1cccc(C#N)c1. The monoisotopic (exact) mass is 338 g/mol. The highest BCUT2D eigenvalue weighted by Crippen LogP contribution is 2.28. The number of nitriles is 1. The molecule has 7 nitrogen and oxygen atoms in total. The highest BCUT2D eigenvalue weighted by atomic mass is 32.2. The summed E-state index contributed by atoms with van der Waals surface area (Å²) < 4.78 is 1.67. The number of rotatable bonds is 4. The van der Waals surface area contributed by atoms with E-state index >= 15 is 0 Å². The molecule has 0 saturated heterocycles. The first-order valence-electron chi connectivity index (χ1n) is 7.19. The van der Waals surface area contributed by atoms with Gasteiger partial charge in [0.1, 0.15) is 11.4 Å². The lowest BCUT2D eigenvalue weighted by Gasteiger charge is -2.12. The van der Waals surface area contributed by atoms with E-state index in [0.29, 0.717) is 16.3 Å². The fourth-order valence-corrected chi connectivity index (χ4v) is 3.05. The number of fused-ring (bicyclic) bond motifs is 1. The van der Waals surface area contributed by atoms with E-state index in [1.807, 2.05) is 13.1 Å². The Kier molecular flexibility index (Phi) is 4.44. The van der Waals surface area contributed by atoms with Gasteiger partial charge in [-0.25, -0.2) is 9.97 Å². The van der Waals surface area contributed by atoms with Crippen LogP contribution in [0.25, 0.3) is 11.0 Å². The van der Waals surface area contributed by atoms with Crippen LogP contribution >= 0.6 is 11.8 Å². The molecule has 120 valence electrons. The van der Waals surface area contributed by atoms with Crippen molar-refractivity contribution in [2.45, 2.75) is 17.2 Å². The second kappa shape index (κ2) is 6.68. The van der Waals surface area contributed by atoms with Crippen molar-refractivity contribution in [2.75, 3.05) is 5.32 Å². The average molecular weight is 338 g/mol. The van der Waals surface area contributed by atoms with Gasteiger partial charge in [0.05, 0.1) is 28.5 Å². The summed E-state index contributed by atoms with van der Waals surface area (Å²) in [5.74, 6) is -0.161. The molecule has 3 rings (SSSR count). The van der Waals surface area contributed by atoms with E-state index < -0.39 is 0 Å². The highest BCUT2D eigenvalue weighted by Gasteiger charge is 2.18. The molecule has 0 radical (unpaired) electrons. The first-order chi connectivity index (χ1) is 11.6. The van der Waals surface area contributed by atoms with Crippen molar-refractivity contribution in [3.8, 4) is 6.07 Å². The Balaban J connectivity index is 1.75. The number of thioether (sulfide) groups is 1. The average Bonchev–Trinajstić information content (AvgIpc) is 2.97. The Hall–Kier alpha value is -2.92. The molecule has 3 aromatic rings. The third kappa shape index (κ3) is 3.21. The van der Waals surface area contributed by atoms with Gasteiger partial charge >= 0.3 is 0 Å². The molecule has 1 aromatic carbocycles. The van der Waals surface area contributed by atoms with Crippen molar-refractivity contribution in [3.05, 3.63) is 42.4 Å². The molecular formula is C16H14N6OS. The molecule has 0 saturated carbocycles. The van der Waals surface area contributed by atoms with E-state index in [4.69, 9.17) is 5.26 Å². The molecule has 24 heavy (non-hydrogen) atoms. The van der Waals surface area contributed by atoms with Crippen molar-refractivity contribution >= 4 is 34.4 Å². The Morgan fingerprint density at radius 2 is 2.25 bits per heavy atom. The van der Waals surface area contributed by atoms with Crippen molar-refractivity contribution in [1.29, 1.82) is 5.26 Å². The summed E-state index contributed by atoms with van der Waals surface area (Å²) in [6.07, 6.45) is 3.16. The maximum atomic E-state index is 12.4. The van der Waals surface area contributed by atoms with Crippen LogP contribution in [-0.2, 0) is 11.8 Å². The number of aryl methyl sites for hydroxylation is 1. The van der Waals surface area contributed by atoms with Gasteiger partial charge in [0.2, 0.25) is 5.91 Å². The third-order valence-electron chi connectivity index (χ3n) is 3.41. The van der Waals surface area contributed by atoms with Crippen LogP contribution in [0, 0.1) is 11.3 Å². The molecule has 1 atom stereocenters. The van der Waals surface area contributed by atoms with Crippen molar-refractivity contribution in [3.63, 3.8) is 0 Å². The predicted molar refractivity (Wildman–Crippen MR) is 91.4 cm³/mol. The smallest absolute Gasteiger partial charge is 0.237 e. The number of anilines is 1. The van der Waals surface area contributed by atoms with E-state index in [1.165, 1.54) is 18.1 Å². The first-order valence-corrected chi connectivity index (χ1v) is 8.07. The minimum Gasteiger partial charge on any atom is -0.325 e. The van der Waals surface area contributed by atoms with Crippen LogP contribution in [0.5, 0.6) is 0 Å². The molecule has 8 heteroatoms. The summed E-state index contributed by atoms with van der Waals surface area (Å²) in [6, 6.07) is 8.86. The quantitative estimate of drug-likeness (QED) is 0.579. The van der Waals surface area contributed by atoms with Crippen LogP contribution in [0.2, 0.25) is 0 Å². The Bertz CT molecular complexity index is 945. The van der Waals surface area contributed by atoms with Gasteiger partial charge in [0.25, 0.3) is 0 Å². The van der Waals surface area contributed by atoms with E-state index in [-0.39, 0.29) is 11.2 Å². The lowest BCUT2D eigenvalue weighted by atomic mass is 10.2. The number of carbonyl (C=O) groups excluding carboxylic acids is 1. The van der Waals surface area contributed by atoms with Gasteiger partial charge in [-0.05, 0) is 25.1 Å². The number of nitrogens with one attached hydrogen (secondary N) is 1. The Labute approximate surface area is 142 Å². The summed E-state index contributed by atoms with van der Waals surface area (Å²) in [7, 11) is 1.81. The van der Waals surface area contributed by atoms with Gasteiger partial charge in [-0.3, -0.25) is 9.48 Å². The van der Waals surface area contributed by atoms with Crippen LogP contribution in [0.1, 0.15) is 12.5 Å². The maximum absolute atomic E-state index is 12.4. The molecule has 0 aliphatic heterocycles. The lowest BCUT2D eigenvalue weighted by Crippen LogP contribution is -2.22. The minimum atomic E-state index is -0.367. The second-order valence-corrected chi connectivity index (χ2v) is 6.46. The molecule has 1 unspecified atom stereocenters. The Morgan fingerprint density at radius 3 is 3.04 bits per heavy atom. The van der Waals surface area contributed by atoms with E-state index in [9.17, 15) is 4.79 Å². The number of aromatic nitrogens is 4. The van der Waals surface area contributed by atoms with Gasteiger partial charge in [-0.15, -0.1) is 0 Å². The summed E-state index contributed by atoms with van der Waals surface area (Å²) >= 11 is 1.34. The molecule has 0 bridgehead atoms. The normalized spacial score (nSPS) is 11.9. The summed E-state index contributed by atoms with van der Waals surface area (Å²) in [5, 5.41) is 17.1. The van der Waals surface area contributed by atoms with Crippen LogP contribution in [0.4, 0.5) is 5.69 Å². The van der Waals surface area contributed by atoms with E-state index in [0.717, 1.165) is 11.0 Å². The molecular weight excluding hydrogens is 324 g/mol. The molecule has 1 N–H and O–H groups in total. The van der Waals surface area contributed by atoms with Gasteiger partial charge in [0, 0.05) is 12.7 Å². The molecule has 1 amide bonds. The molecule has 0 aliphatic carbocycles. The van der Waals surface area contributed by atoms with Crippen LogP contribution < -0.4 is 5.32 Å². The van der Waals surface area contributed by atoms with Gasteiger partial charge < -0.3 is 5.32 Å². The zero-order valence-electron chi connectivity index (χ0n) is 13.1. The number of benzene rings is 1. The molecule has 2 aromatic heterocycles. The number of carbonyl (C=O) groups is 1. The van der Waals surface area contributed by atoms with E-state index in [2.05, 4.69) is 20.4 Å². The fraction of sp³-hybridized carbons (Fsp3) is 0.188. The van der Waals surface area contributed by atoms with Crippen molar-refractivity contribution in [2.24, 2.45) is 7.05 Å². The highest BCUT2D eigenvalue weighted by molar-refractivity contribution is 8.00. The van der Waals surface area contributed by atoms with Crippen molar-refractivity contribution in [1.82, 2.24) is 19.7 Å². The van der Waals surface area contributed by atoms with Gasteiger partial charge in [-0.1, -0.05) is 17.8 Å². The largest absolute Gasteiger partial charge is 0.325 e. The predicted octanol–water partition coefficient (Wildman–Crippen LogP) is 2.35. The fourth-order valence-electron chi connectivity index (χ4n) is 2.17.